The van der Waals surface area contributed by atoms with Crippen LogP contribution in [-0.4, -0.2) is 23.5 Å². The third kappa shape index (κ3) is 4.20. The molecule has 1 heterocycles. The number of thioether (sulfide) groups is 1. The summed E-state index contributed by atoms with van der Waals surface area (Å²) in [5.41, 5.74) is 0.148. The molecular formula is C14H13F2NO4S. The lowest BCUT2D eigenvalue weighted by Crippen LogP contribution is -2.42. The normalized spacial score (nSPS) is 17.0. The van der Waals surface area contributed by atoms with E-state index in [-0.39, 0.29) is 5.57 Å². The standard InChI is InChI=1S/C14H13F2NO4S/c1-14(2)20-11(18)10(12(19)21-14)7-17-8-4-3-5-9(6-8)22-13(15)16/h3-7,13,17H,1-2H3. The lowest BCUT2D eigenvalue weighted by atomic mass is 10.2. The van der Waals surface area contributed by atoms with Gasteiger partial charge in [-0.05, 0) is 18.2 Å². The summed E-state index contributed by atoms with van der Waals surface area (Å²) in [5.74, 6) is -5.46. The van der Waals surface area contributed by atoms with Gasteiger partial charge < -0.3 is 14.8 Å². The number of benzene rings is 1. The average Bonchev–Trinajstić information content (AvgIpc) is 2.35. The van der Waals surface area contributed by atoms with Crippen molar-refractivity contribution in [2.75, 3.05) is 5.32 Å². The number of halogens is 2. The molecule has 0 unspecified atom stereocenters. The maximum Gasteiger partial charge on any atom is 0.350 e. The van der Waals surface area contributed by atoms with Crippen molar-refractivity contribution in [3.63, 3.8) is 0 Å². The predicted molar refractivity (Wildman–Crippen MR) is 76.3 cm³/mol. The fourth-order valence-electron chi connectivity index (χ4n) is 1.70. The van der Waals surface area contributed by atoms with Crippen molar-refractivity contribution in [1.82, 2.24) is 0 Å². The minimum Gasteiger partial charge on any atom is -0.419 e. The van der Waals surface area contributed by atoms with Gasteiger partial charge in [0.15, 0.2) is 5.57 Å². The molecule has 0 saturated carbocycles. The Hall–Kier alpha value is -2.09. The predicted octanol–water partition coefficient (Wildman–Crippen LogP) is 3.13. The van der Waals surface area contributed by atoms with E-state index in [2.05, 4.69) is 5.32 Å². The molecule has 0 aliphatic carbocycles. The summed E-state index contributed by atoms with van der Waals surface area (Å²) in [5, 5.41) is 2.69. The first kappa shape index (κ1) is 16.3. The molecule has 0 amide bonds. The van der Waals surface area contributed by atoms with Gasteiger partial charge in [0, 0.05) is 30.6 Å². The highest BCUT2D eigenvalue weighted by Gasteiger charge is 2.38. The Labute approximate surface area is 129 Å². The maximum absolute atomic E-state index is 12.3. The van der Waals surface area contributed by atoms with E-state index in [4.69, 9.17) is 9.47 Å². The molecule has 2 rings (SSSR count). The van der Waals surface area contributed by atoms with E-state index in [1.54, 1.807) is 12.1 Å². The Kier molecular flexibility index (Phi) is 4.70. The van der Waals surface area contributed by atoms with Crippen molar-refractivity contribution < 1.29 is 27.8 Å². The third-order valence-electron chi connectivity index (χ3n) is 2.56. The van der Waals surface area contributed by atoms with E-state index in [0.29, 0.717) is 22.3 Å². The smallest absolute Gasteiger partial charge is 0.350 e. The fraction of sp³-hybridized carbons (Fsp3) is 0.286. The van der Waals surface area contributed by atoms with Crippen LogP contribution in [0.2, 0.25) is 0 Å². The number of esters is 2. The largest absolute Gasteiger partial charge is 0.419 e. The van der Waals surface area contributed by atoms with Gasteiger partial charge in [-0.15, -0.1) is 0 Å². The van der Waals surface area contributed by atoms with E-state index in [9.17, 15) is 18.4 Å². The number of carbonyl (C=O) groups is 2. The Morgan fingerprint density at radius 3 is 2.45 bits per heavy atom. The van der Waals surface area contributed by atoms with Crippen molar-refractivity contribution in [3.05, 3.63) is 36.0 Å². The number of cyclic esters (lactones) is 2. The summed E-state index contributed by atoms with van der Waals surface area (Å²) in [6.07, 6.45) is 1.13. The summed E-state index contributed by atoms with van der Waals surface area (Å²) in [6.45, 7) is 2.89. The number of hydrogen-bond donors (Lipinski definition) is 1. The second-order valence-electron chi connectivity index (χ2n) is 4.79. The average molecular weight is 329 g/mol. The number of alkyl halides is 2. The lowest BCUT2D eigenvalue weighted by molar-refractivity contribution is -0.222. The monoisotopic (exact) mass is 329 g/mol. The van der Waals surface area contributed by atoms with Crippen LogP contribution >= 0.6 is 11.8 Å². The van der Waals surface area contributed by atoms with Gasteiger partial charge in [-0.2, -0.15) is 8.78 Å². The van der Waals surface area contributed by atoms with Crippen LogP contribution in [0.4, 0.5) is 14.5 Å². The second kappa shape index (κ2) is 6.35. The van der Waals surface area contributed by atoms with Crippen molar-refractivity contribution in [2.45, 2.75) is 30.3 Å². The molecule has 0 atom stereocenters. The minimum absolute atomic E-state index is 0.300. The molecule has 8 heteroatoms. The van der Waals surface area contributed by atoms with Crippen LogP contribution in [0.3, 0.4) is 0 Å². The van der Waals surface area contributed by atoms with Crippen LogP contribution in [0.1, 0.15) is 13.8 Å². The quantitative estimate of drug-likeness (QED) is 0.396. The van der Waals surface area contributed by atoms with Crippen LogP contribution in [0.15, 0.2) is 40.9 Å². The molecule has 5 nitrogen and oxygen atoms in total. The van der Waals surface area contributed by atoms with E-state index >= 15 is 0 Å². The first-order valence-corrected chi connectivity index (χ1v) is 7.13. The highest BCUT2D eigenvalue weighted by atomic mass is 32.2. The number of nitrogens with one attached hydrogen (secondary N) is 1. The minimum atomic E-state index is -2.53. The fourth-order valence-corrected chi connectivity index (χ4v) is 2.25. The van der Waals surface area contributed by atoms with E-state index in [0.717, 1.165) is 6.20 Å². The van der Waals surface area contributed by atoms with Crippen LogP contribution < -0.4 is 5.32 Å². The van der Waals surface area contributed by atoms with Crippen molar-refractivity contribution in [2.24, 2.45) is 0 Å². The molecule has 1 N–H and O–H groups in total. The Morgan fingerprint density at radius 1 is 1.23 bits per heavy atom. The van der Waals surface area contributed by atoms with Gasteiger partial charge in [0.2, 0.25) is 0 Å². The summed E-state index contributed by atoms with van der Waals surface area (Å²) < 4.78 is 34.5. The molecule has 1 fully saturated rings. The van der Waals surface area contributed by atoms with E-state index in [1.165, 1.54) is 26.0 Å². The van der Waals surface area contributed by atoms with E-state index < -0.39 is 23.5 Å². The zero-order valence-corrected chi connectivity index (χ0v) is 12.6. The van der Waals surface area contributed by atoms with Gasteiger partial charge in [-0.1, -0.05) is 17.8 Å². The molecule has 22 heavy (non-hydrogen) atoms. The molecule has 1 aromatic carbocycles. The van der Waals surface area contributed by atoms with Crippen LogP contribution in [-0.2, 0) is 19.1 Å². The first-order chi connectivity index (χ1) is 10.3. The number of ether oxygens (including phenoxy) is 2. The van der Waals surface area contributed by atoms with Gasteiger partial charge in [0.05, 0.1) is 0 Å². The molecule has 1 aliphatic rings. The molecule has 1 saturated heterocycles. The molecule has 1 aliphatic heterocycles. The zero-order valence-electron chi connectivity index (χ0n) is 11.8. The number of carbonyl (C=O) groups excluding carboxylic acids is 2. The molecule has 0 spiro atoms. The SMILES string of the molecule is CC1(C)OC(=O)C(=CNc2cccc(SC(F)F)c2)C(=O)O1. The number of anilines is 1. The Balaban J connectivity index is 2.11. The number of rotatable bonds is 4. The summed E-state index contributed by atoms with van der Waals surface area (Å²) in [7, 11) is 0. The molecule has 118 valence electrons. The van der Waals surface area contributed by atoms with Gasteiger partial charge in [0.25, 0.3) is 11.5 Å². The van der Waals surface area contributed by atoms with Crippen LogP contribution in [0.5, 0.6) is 0 Å². The van der Waals surface area contributed by atoms with Crippen molar-refractivity contribution >= 4 is 29.4 Å². The molecule has 1 aromatic rings. The van der Waals surface area contributed by atoms with Crippen LogP contribution in [0, 0.1) is 0 Å². The summed E-state index contributed by atoms with van der Waals surface area (Å²) in [6, 6.07) is 6.18. The van der Waals surface area contributed by atoms with Gasteiger partial charge in [-0.3, -0.25) is 0 Å². The topological polar surface area (TPSA) is 64.6 Å². The first-order valence-electron chi connectivity index (χ1n) is 6.25. The number of hydrogen-bond acceptors (Lipinski definition) is 6. The Bertz CT molecular complexity index is 609. The van der Waals surface area contributed by atoms with Gasteiger partial charge in [-0.25, -0.2) is 9.59 Å². The summed E-state index contributed by atoms with van der Waals surface area (Å²) in [4.78, 5) is 23.8. The summed E-state index contributed by atoms with van der Waals surface area (Å²) >= 11 is 0.398. The molecular weight excluding hydrogens is 316 g/mol. The van der Waals surface area contributed by atoms with Crippen molar-refractivity contribution in [3.8, 4) is 0 Å². The molecule has 0 radical (unpaired) electrons. The maximum atomic E-state index is 12.3. The van der Waals surface area contributed by atoms with Crippen LogP contribution in [0.25, 0.3) is 0 Å². The zero-order chi connectivity index (χ0) is 16.3. The lowest BCUT2D eigenvalue weighted by Gasteiger charge is -2.29. The van der Waals surface area contributed by atoms with Gasteiger partial charge >= 0.3 is 11.9 Å². The van der Waals surface area contributed by atoms with Crippen molar-refractivity contribution in [1.29, 1.82) is 0 Å². The second-order valence-corrected chi connectivity index (χ2v) is 5.85. The van der Waals surface area contributed by atoms with Gasteiger partial charge in [0.1, 0.15) is 0 Å². The molecule has 0 bridgehead atoms. The third-order valence-corrected chi connectivity index (χ3v) is 3.26. The Morgan fingerprint density at radius 2 is 1.86 bits per heavy atom. The highest BCUT2D eigenvalue weighted by molar-refractivity contribution is 7.99. The van der Waals surface area contributed by atoms with E-state index in [1.807, 2.05) is 0 Å². The molecule has 0 aromatic heterocycles. The highest BCUT2D eigenvalue weighted by Crippen LogP contribution is 2.27.